The number of methoxy groups -OCH3 is 2. The van der Waals surface area contributed by atoms with Gasteiger partial charge in [-0.15, -0.1) is 0 Å². The third-order valence-electron chi connectivity index (χ3n) is 7.55. The zero-order valence-corrected chi connectivity index (χ0v) is 22.5. The summed E-state index contributed by atoms with van der Waals surface area (Å²) in [6.07, 6.45) is 2.14. The predicted molar refractivity (Wildman–Crippen MR) is 146 cm³/mol. The lowest BCUT2D eigenvalue weighted by atomic mass is 9.66. The lowest BCUT2D eigenvalue weighted by Gasteiger charge is -2.37. The molecule has 0 bridgehead atoms. The van der Waals surface area contributed by atoms with Crippen LogP contribution in [-0.2, 0) is 19.1 Å². The van der Waals surface area contributed by atoms with Crippen LogP contribution in [0, 0.1) is 12.8 Å². The highest BCUT2D eigenvalue weighted by molar-refractivity contribution is 6.12. The summed E-state index contributed by atoms with van der Waals surface area (Å²) in [6, 6.07) is 13.0. The summed E-state index contributed by atoms with van der Waals surface area (Å²) >= 11 is 0. The van der Waals surface area contributed by atoms with Gasteiger partial charge in [0.1, 0.15) is 23.7 Å². The van der Waals surface area contributed by atoms with Crippen LogP contribution in [0.25, 0.3) is 11.0 Å². The number of Topliss-reactive ketones (excluding diaryl/α,β-unsaturated/α-hetero) is 1. The summed E-state index contributed by atoms with van der Waals surface area (Å²) in [6.45, 7) is 3.87. The first-order chi connectivity index (χ1) is 18.8. The summed E-state index contributed by atoms with van der Waals surface area (Å²) < 4.78 is 21.7. The summed E-state index contributed by atoms with van der Waals surface area (Å²) in [4.78, 5) is 45.8. The number of benzene rings is 2. The fourth-order valence-corrected chi connectivity index (χ4v) is 5.68. The number of nitrogens with zero attached hydrogens (tertiary/aromatic N) is 1. The van der Waals surface area contributed by atoms with Crippen LogP contribution in [0.3, 0.4) is 0 Å². The SMILES string of the molecule is COCCOC(=O)C1=C(C)N=C2CC(c3cccc(OC)c3)CC(=O)C2C1c1coc2ccc(C)cc2c1=O. The van der Waals surface area contributed by atoms with Gasteiger partial charge in [-0.3, -0.25) is 14.6 Å². The lowest BCUT2D eigenvalue weighted by molar-refractivity contribution is -0.140. The van der Waals surface area contributed by atoms with Gasteiger partial charge in [-0.1, -0.05) is 23.8 Å². The minimum Gasteiger partial charge on any atom is -0.497 e. The van der Waals surface area contributed by atoms with Crippen LogP contribution in [0.15, 0.2) is 74.2 Å². The largest absolute Gasteiger partial charge is 0.497 e. The number of ether oxygens (including phenoxy) is 3. The molecule has 202 valence electrons. The van der Waals surface area contributed by atoms with Crippen molar-refractivity contribution >= 4 is 28.4 Å². The number of aliphatic imine (C=N–C) groups is 1. The molecule has 8 heteroatoms. The van der Waals surface area contributed by atoms with Crippen LogP contribution in [0.1, 0.15) is 48.3 Å². The van der Waals surface area contributed by atoms with E-state index in [4.69, 9.17) is 23.6 Å². The van der Waals surface area contributed by atoms with E-state index < -0.39 is 17.8 Å². The predicted octanol–water partition coefficient (Wildman–Crippen LogP) is 4.87. The first kappa shape index (κ1) is 26.6. The number of carbonyl (C=O) groups excluding carboxylic acids is 2. The molecule has 1 aromatic heterocycles. The summed E-state index contributed by atoms with van der Waals surface area (Å²) in [5, 5.41) is 0.402. The Morgan fingerprint density at radius 3 is 2.62 bits per heavy atom. The maximum Gasteiger partial charge on any atom is 0.336 e. The third kappa shape index (κ3) is 5.04. The standard InChI is InChI=1S/C31H31NO7/c1-17-8-9-26-22(12-17)30(34)23(16-39-26)28-27(31(35)38-11-10-36-3)18(2)32-24-14-20(15-25(33)29(24)28)19-6-5-7-21(13-19)37-4/h5-9,12-13,16,20,28-29H,10-11,14-15H2,1-4H3. The molecular weight excluding hydrogens is 498 g/mol. The van der Waals surface area contributed by atoms with Gasteiger partial charge < -0.3 is 18.6 Å². The summed E-state index contributed by atoms with van der Waals surface area (Å²) in [5.74, 6) is -1.73. The molecule has 0 spiro atoms. The molecule has 3 aromatic rings. The van der Waals surface area contributed by atoms with E-state index in [-0.39, 0.29) is 47.9 Å². The first-order valence-electron chi connectivity index (χ1n) is 12.9. The number of esters is 1. The van der Waals surface area contributed by atoms with E-state index in [0.29, 0.717) is 34.5 Å². The minimum atomic E-state index is -0.868. The molecule has 3 unspecified atom stereocenters. The maximum atomic E-state index is 13.9. The topological polar surface area (TPSA) is 104 Å². The number of rotatable bonds is 7. The molecule has 3 atom stereocenters. The molecule has 2 aliphatic rings. The Morgan fingerprint density at radius 1 is 1.03 bits per heavy atom. The quantitative estimate of drug-likeness (QED) is 0.318. The second kappa shape index (κ2) is 11.0. The van der Waals surface area contributed by atoms with Crippen molar-refractivity contribution in [2.45, 2.75) is 38.5 Å². The van der Waals surface area contributed by atoms with E-state index in [1.165, 1.54) is 13.4 Å². The molecule has 5 rings (SSSR count). The van der Waals surface area contributed by atoms with Gasteiger partial charge in [0, 0.05) is 36.4 Å². The highest BCUT2D eigenvalue weighted by Crippen LogP contribution is 2.45. The smallest absolute Gasteiger partial charge is 0.336 e. The third-order valence-corrected chi connectivity index (χ3v) is 7.55. The number of carbonyl (C=O) groups is 2. The Hall–Kier alpha value is -4.04. The maximum absolute atomic E-state index is 13.9. The number of fused-ring (bicyclic) bond motifs is 2. The molecule has 1 aliphatic carbocycles. The lowest BCUT2D eigenvalue weighted by Crippen LogP contribution is -2.42. The molecule has 8 nitrogen and oxygen atoms in total. The number of aryl methyl sites for hydroxylation is 1. The van der Waals surface area contributed by atoms with Crippen molar-refractivity contribution in [2.24, 2.45) is 10.9 Å². The van der Waals surface area contributed by atoms with Gasteiger partial charge in [0.15, 0.2) is 5.43 Å². The van der Waals surface area contributed by atoms with Crippen molar-refractivity contribution in [3.63, 3.8) is 0 Å². The normalized spacial score (nSPS) is 21.0. The van der Waals surface area contributed by atoms with E-state index in [1.807, 2.05) is 37.3 Å². The Labute approximate surface area is 226 Å². The minimum absolute atomic E-state index is 0.0391. The van der Waals surface area contributed by atoms with E-state index in [9.17, 15) is 14.4 Å². The van der Waals surface area contributed by atoms with Gasteiger partial charge in [0.05, 0.1) is 36.9 Å². The molecule has 0 amide bonds. The molecule has 39 heavy (non-hydrogen) atoms. The van der Waals surface area contributed by atoms with E-state index >= 15 is 0 Å². The Balaban J connectivity index is 1.62. The van der Waals surface area contributed by atoms with Gasteiger partial charge in [0.2, 0.25) is 0 Å². The molecule has 0 radical (unpaired) electrons. The molecule has 2 aromatic carbocycles. The summed E-state index contributed by atoms with van der Waals surface area (Å²) in [5.41, 5.74) is 3.58. The van der Waals surface area contributed by atoms with Crippen LogP contribution >= 0.6 is 0 Å². The monoisotopic (exact) mass is 529 g/mol. The second-order valence-electron chi connectivity index (χ2n) is 10.1. The highest BCUT2D eigenvalue weighted by Gasteiger charge is 2.47. The molecule has 1 fully saturated rings. The Bertz CT molecular complexity index is 1560. The zero-order valence-electron chi connectivity index (χ0n) is 22.5. The van der Waals surface area contributed by atoms with E-state index in [1.54, 1.807) is 26.2 Å². The zero-order chi connectivity index (χ0) is 27.7. The average molecular weight is 530 g/mol. The number of hydrogen-bond donors (Lipinski definition) is 0. The fourth-order valence-electron chi connectivity index (χ4n) is 5.68. The summed E-state index contributed by atoms with van der Waals surface area (Å²) in [7, 11) is 3.12. The molecule has 0 N–H and O–H groups in total. The van der Waals surface area contributed by atoms with Crippen molar-refractivity contribution in [1.29, 1.82) is 0 Å². The van der Waals surface area contributed by atoms with Gasteiger partial charge in [-0.2, -0.15) is 0 Å². The van der Waals surface area contributed by atoms with Crippen LogP contribution in [0.4, 0.5) is 0 Å². The second-order valence-corrected chi connectivity index (χ2v) is 10.1. The Morgan fingerprint density at radius 2 is 1.85 bits per heavy atom. The van der Waals surface area contributed by atoms with E-state index in [2.05, 4.69) is 0 Å². The van der Waals surface area contributed by atoms with Gasteiger partial charge in [0.25, 0.3) is 0 Å². The van der Waals surface area contributed by atoms with Crippen molar-refractivity contribution in [2.75, 3.05) is 27.4 Å². The van der Waals surface area contributed by atoms with Gasteiger partial charge >= 0.3 is 5.97 Å². The van der Waals surface area contributed by atoms with Crippen molar-refractivity contribution in [3.8, 4) is 5.75 Å². The molecule has 1 aliphatic heterocycles. The fraction of sp³-hybridized carbons (Fsp3) is 0.355. The van der Waals surface area contributed by atoms with E-state index in [0.717, 1.165) is 11.1 Å². The average Bonchev–Trinajstić information content (AvgIpc) is 2.93. The van der Waals surface area contributed by atoms with Crippen LogP contribution in [0.2, 0.25) is 0 Å². The molecule has 0 saturated heterocycles. The number of hydrogen-bond acceptors (Lipinski definition) is 8. The van der Waals surface area contributed by atoms with Gasteiger partial charge in [-0.05, 0) is 56.0 Å². The first-order valence-corrected chi connectivity index (χ1v) is 12.9. The number of ketones is 1. The highest BCUT2D eigenvalue weighted by atomic mass is 16.6. The van der Waals surface area contributed by atoms with Crippen LogP contribution in [0.5, 0.6) is 5.75 Å². The molecule has 2 heterocycles. The van der Waals surface area contributed by atoms with Crippen LogP contribution < -0.4 is 10.2 Å². The van der Waals surface area contributed by atoms with Gasteiger partial charge in [-0.25, -0.2) is 4.79 Å². The molecule has 1 saturated carbocycles. The van der Waals surface area contributed by atoms with Crippen LogP contribution in [-0.4, -0.2) is 44.9 Å². The van der Waals surface area contributed by atoms with Crippen molar-refractivity contribution < 1.29 is 28.2 Å². The van der Waals surface area contributed by atoms with Crippen molar-refractivity contribution in [1.82, 2.24) is 0 Å². The van der Waals surface area contributed by atoms with Crippen molar-refractivity contribution in [3.05, 3.63) is 86.9 Å². The number of allylic oxidation sites excluding steroid dienone is 1. The Kier molecular flexibility index (Phi) is 7.48. The molecular formula is C31H31NO7.